The first-order valence-electron chi connectivity index (χ1n) is 6.37. The summed E-state index contributed by atoms with van der Waals surface area (Å²) in [6.07, 6.45) is 0.730. The molecule has 1 aliphatic rings. The number of thioether (sulfide) groups is 1. The molecule has 0 bridgehead atoms. The molecule has 0 aliphatic carbocycles. The van der Waals surface area contributed by atoms with E-state index in [-0.39, 0.29) is 17.7 Å². The molecule has 1 fully saturated rings. The second-order valence-electron chi connectivity index (χ2n) is 4.41. The molecule has 1 aromatic rings. The van der Waals surface area contributed by atoms with Gasteiger partial charge in [-0.05, 0) is 13.3 Å². The summed E-state index contributed by atoms with van der Waals surface area (Å²) < 4.78 is 0.690. The van der Waals surface area contributed by atoms with Crippen LogP contribution in [0.1, 0.15) is 13.3 Å². The zero-order valence-corrected chi connectivity index (χ0v) is 12.8. The van der Waals surface area contributed by atoms with Gasteiger partial charge in [-0.3, -0.25) is 9.59 Å². The molecule has 0 unspecified atom stereocenters. The van der Waals surface area contributed by atoms with Crippen molar-refractivity contribution in [3.05, 3.63) is 0 Å². The number of rotatable bonds is 5. The third-order valence-corrected chi connectivity index (χ3v) is 4.87. The van der Waals surface area contributed by atoms with Crippen LogP contribution in [0.4, 0.5) is 5.13 Å². The molecule has 1 aromatic heterocycles. The number of hydrogen-bond acceptors (Lipinski definition) is 7. The van der Waals surface area contributed by atoms with Crippen molar-refractivity contribution in [2.24, 2.45) is 5.92 Å². The number of carbonyl (C=O) groups is 2. The average Bonchev–Trinajstić information content (AvgIpc) is 3.05. The molecule has 1 saturated heterocycles. The monoisotopic (exact) mass is 315 g/mol. The Labute approximate surface area is 125 Å². The van der Waals surface area contributed by atoms with Gasteiger partial charge in [0.25, 0.3) is 0 Å². The van der Waals surface area contributed by atoms with Gasteiger partial charge in [-0.15, -0.1) is 10.2 Å². The van der Waals surface area contributed by atoms with Gasteiger partial charge >= 0.3 is 0 Å². The Balaban J connectivity index is 1.78. The zero-order valence-electron chi connectivity index (χ0n) is 11.2. The highest BCUT2D eigenvalue weighted by molar-refractivity contribution is 8.01. The molecule has 20 heavy (non-hydrogen) atoms. The van der Waals surface area contributed by atoms with Gasteiger partial charge < -0.3 is 16.0 Å². The van der Waals surface area contributed by atoms with Crippen molar-refractivity contribution in [2.45, 2.75) is 17.7 Å². The van der Waals surface area contributed by atoms with E-state index in [0.29, 0.717) is 34.9 Å². The minimum absolute atomic E-state index is 0.0237. The van der Waals surface area contributed by atoms with Crippen molar-refractivity contribution in [1.29, 1.82) is 0 Å². The molecule has 2 amide bonds. The molecule has 1 aliphatic heterocycles. The highest BCUT2D eigenvalue weighted by Gasteiger charge is 2.30. The Hall–Kier alpha value is -1.35. The fraction of sp³-hybridized carbons (Fsp3) is 0.636. The second kappa shape index (κ2) is 6.89. The number of hydrogen-bond donors (Lipinski definition) is 2. The summed E-state index contributed by atoms with van der Waals surface area (Å²) in [6.45, 7) is 3.65. The predicted octanol–water partition coefficient (Wildman–Crippen LogP) is 0.197. The van der Waals surface area contributed by atoms with Crippen LogP contribution in [-0.4, -0.2) is 52.3 Å². The van der Waals surface area contributed by atoms with E-state index in [1.54, 1.807) is 4.90 Å². The maximum Gasteiger partial charge on any atom is 0.233 e. The van der Waals surface area contributed by atoms with Gasteiger partial charge in [0.15, 0.2) is 4.34 Å². The quantitative estimate of drug-likeness (QED) is 0.753. The minimum Gasteiger partial charge on any atom is -0.374 e. The number of likely N-dealkylation sites (tertiary alicyclic amines) is 1. The number of nitrogens with one attached hydrogen (secondary N) is 1. The Morgan fingerprint density at radius 3 is 3.00 bits per heavy atom. The predicted molar refractivity (Wildman–Crippen MR) is 78.4 cm³/mol. The normalized spacial score (nSPS) is 18.2. The smallest absolute Gasteiger partial charge is 0.233 e. The number of nitrogen functional groups attached to an aromatic ring is 1. The summed E-state index contributed by atoms with van der Waals surface area (Å²) in [6, 6.07) is 0. The molecule has 0 aromatic carbocycles. The van der Waals surface area contributed by atoms with E-state index in [4.69, 9.17) is 5.73 Å². The Bertz CT molecular complexity index is 493. The lowest BCUT2D eigenvalue weighted by molar-refractivity contribution is -0.128. The highest BCUT2D eigenvalue weighted by atomic mass is 32.2. The van der Waals surface area contributed by atoms with Crippen LogP contribution in [0, 0.1) is 5.92 Å². The van der Waals surface area contributed by atoms with Crippen LogP contribution in [0.2, 0.25) is 0 Å². The third-order valence-electron chi connectivity index (χ3n) is 3.00. The molecule has 0 saturated carbocycles. The number of carbonyl (C=O) groups excluding carboxylic acids is 2. The molecule has 0 spiro atoms. The van der Waals surface area contributed by atoms with E-state index >= 15 is 0 Å². The molecule has 9 heteroatoms. The fourth-order valence-electron chi connectivity index (χ4n) is 2.01. The van der Waals surface area contributed by atoms with Crippen molar-refractivity contribution >= 4 is 40.0 Å². The molecule has 2 rings (SSSR count). The molecule has 0 radical (unpaired) electrons. The van der Waals surface area contributed by atoms with Gasteiger partial charge in [-0.2, -0.15) is 0 Å². The van der Waals surface area contributed by atoms with E-state index in [0.717, 1.165) is 6.42 Å². The van der Waals surface area contributed by atoms with E-state index in [1.165, 1.54) is 23.1 Å². The van der Waals surface area contributed by atoms with E-state index < -0.39 is 0 Å². The summed E-state index contributed by atoms with van der Waals surface area (Å²) in [5.41, 5.74) is 5.48. The maximum atomic E-state index is 12.1. The van der Waals surface area contributed by atoms with Crippen LogP contribution in [0.15, 0.2) is 4.34 Å². The van der Waals surface area contributed by atoms with Crippen LogP contribution in [0.5, 0.6) is 0 Å². The molecular formula is C11H17N5O2S2. The zero-order chi connectivity index (χ0) is 14.5. The summed E-state index contributed by atoms with van der Waals surface area (Å²) in [7, 11) is 0. The molecule has 7 nitrogen and oxygen atoms in total. The first-order valence-corrected chi connectivity index (χ1v) is 8.17. The standard InChI is InChI=1S/C11H17N5O2S2/c1-2-13-9(18)7-3-4-16(5-7)8(17)6-19-11-15-14-10(12)20-11/h7H,2-6H2,1H3,(H2,12,14)(H,13,18)/t7-/m1/s1. The number of aromatic nitrogens is 2. The van der Waals surface area contributed by atoms with Crippen LogP contribution >= 0.6 is 23.1 Å². The molecule has 1 atom stereocenters. The molecule has 110 valence electrons. The first kappa shape index (κ1) is 15.0. The van der Waals surface area contributed by atoms with Crippen molar-refractivity contribution in [1.82, 2.24) is 20.4 Å². The SMILES string of the molecule is CCNC(=O)[C@@H]1CCN(C(=O)CSc2nnc(N)s2)C1. The Morgan fingerprint density at radius 1 is 1.55 bits per heavy atom. The average molecular weight is 315 g/mol. The molecule has 2 heterocycles. The number of amides is 2. The van der Waals surface area contributed by atoms with Crippen molar-refractivity contribution < 1.29 is 9.59 Å². The lowest BCUT2D eigenvalue weighted by Gasteiger charge is -2.15. The van der Waals surface area contributed by atoms with Gasteiger partial charge in [-0.1, -0.05) is 23.1 Å². The largest absolute Gasteiger partial charge is 0.374 e. The minimum atomic E-state index is -0.0823. The van der Waals surface area contributed by atoms with Crippen LogP contribution < -0.4 is 11.1 Å². The summed E-state index contributed by atoms with van der Waals surface area (Å²) in [5.74, 6) is 0.278. The lowest BCUT2D eigenvalue weighted by atomic mass is 10.1. The Morgan fingerprint density at radius 2 is 2.35 bits per heavy atom. The van der Waals surface area contributed by atoms with E-state index in [2.05, 4.69) is 15.5 Å². The van der Waals surface area contributed by atoms with Crippen LogP contribution in [-0.2, 0) is 9.59 Å². The number of nitrogens with zero attached hydrogens (tertiary/aromatic N) is 3. The summed E-state index contributed by atoms with van der Waals surface area (Å²) >= 11 is 2.60. The van der Waals surface area contributed by atoms with Crippen molar-refractivity contribution in [3.8, 4) is 0 Å². The summed E-state index contributed by atoms with van der Waals surface area (Å²) in [4.78, 5) is 25.5. The number of anilines is 1. The third kappa shape index (κ3) is 3.83. The van der Waals surface area contributed by atoms with Gasteiger partial charge in [0.1, 0.15) is 0 Å². The second-order valence-corrected chi connectivity index (χ2v) is 6.65. The fourth-order valence-corrected chi connectivity index (χ4v) is 3.55. The maximum absolute atomic E-state index is 12.1. The molecule has 3 N–H and O–H groups in total. The van der Waals surface area contributed by atoms with Crippen LogP contribution in [0.25, 0.3) is 0 Å². The Kier molecular flexibility index (Phi) is 5.18. The highest BCUT2D eigenvalue weighted by Crippen LogP contribution is 2.25. The van der Waals surface area contributed by atoms with E-state index in [1.807, 2.05) is 6.92 Å². The van der Waals surface area contributed by atoms with Crippen LogP contribution in [0.3, 0.4) is 0 Å². The topological polar surface area (TPSA) is 101 Å². The van der Waals surface area contributed by atoms with E-state index in [9.17, 15) is 9.59 Å². The van der Waals surface area contributed by atoms with Gasteiger partial charge in [-0.25, -0.2) is 0 Å². The lowest BCUT2D eigenvalue weighted by Crippen LogP contribution is -2.35. The van der Waals surface area contributed by atoms with Crippen molar-refractivity contribution in [2.75, 3.05) is 31.1 Å². The van der Waals surface area contributed by atoms with Gasteiger partial charge in [0.2, 0.25) is 16.9 Å². The summed E-state index contributed by atoms with van der Waals surface area (Å²) in [5, 5.41) is 10.7. The van der Waals surface area contributed by atoms with Gasteiger partial charge in [0, 0.05) is 19.6 Å². The first-order chi connectivity index (χ1) is 9.60. The van der Waals surface area contributed by atoms with Crippen molar-refractivity contribution in [3.63, 3.8) is 0 Å². The molecular weight excluding hydrogens is 298 g/mol. The van der Waals surface area contributed by atoms with Gasteiger partial charge in [0.05, 0.1) is 11.7 Å². The number of nitrogens with two attached hydrogens (primary N) is 1.